The van der Waals surface area contributed by atoms with Crippen LogP contribution in [0.15, 0.2) is 29.2 Å². The SMILES string of the molecule is CNC(C)CCS(=O)c1ccccc1Cl. The van der Waals surface area contributed by atoms with Gasteiger partial charge in [0, 0.05) is 11.8 Å². The van der Waals surface area contributed by atoms with Crippen molar-refractivity contribution in [3.63, 3.8) is 0 Å². The zero-order chi connectivity index (χ0) is 11.3. The molecular weight excluding hydrogens is 230 g/mol. The third-order valence-electron chi connectivity index (χ3n) is 2.31. The molecule has 0 amide bonds. The number of nitrogens with one attached hydrogen (secondary N) is 1. The van der Waals surface area contributed by atoms with Crippen molar-refractivity contribution in [3.05, 3.63) is 29.3 Å². The van der Waals surface area contributed by atoms with Crippen LogP contribution in [0.2, 0.25) is 5.02 Å². The van der Waals surface area contributed by atoms with Crippen LogP contribution in [-0.4, -0.2) is 23.1 Å². The first-order valence-corrected chi connectivity index (χ1v) is 6.65. The highest BCUT2D eigenvalue weighted by Crippen LogP contribution is 2.19. The van der Waals surface area contributed by atoms with Gasteiger partial charge in [-0.3, -0.25) is 4.21 Å². The van der Waals surface area contributed by atoms with E-state index in [1.807, 2.05) is 25.2 Å². The number of rotatable bonds is 5. The normalized spacial score (nSPS) is 14.9. The lowest BCUT2D eigenvalue weighted by molar-refractivity contribution is 0.591. The molecule has 2 unspecified atom stereocenters. The van der Waals surface area contributed by atoms with Gasteiger partial charge in [0.1, 0.15) is 0 Å². The quantitative estimate of drug-likeness (QED) is 0.864. The van der Waals surface area contributed by atoms with Crippen molar-refractivity contribution in [3.8, 4) is 0 Å². The smallest absolute Gasteiger partial charge is 0.0574 e. The predicted octanol–water partition coefficient (Wildman–Crippen LogP) is 2.45. The largest absolute Gasteiger partial charge is 0.317 e. The Labute approximate surface area is 98.5 Å². The Balaban J connectivity index is 2.58. The molecule has 15 heavy (non-hydrogen) atoms. The fourth-order valence-corrected chi connectivity index (χ4v) is 2.86. The van der Waals surface area contributed by atoms with Crippen LogP contribution in [0.1, 0.15) is 13.3 Å². The maximum Gasteiger partial charge on any atom is 0.0574 e. The van der Waals surface area contributed by atoms with E-state index in [9.17, 15) is 4.21 Å². The number of hydrogen-bond donors (Lipinski definition) is 1. The van der Waals surface area contributed by atoms with Crippen LogP contribution < -0.4 is 5.32 Å². The lowest BCUT2D eigenvalue weighted by atomic mass is 10.3. The molecule has 1 aromatic carbocycles. The van der Waals surface area contributed by atoms with Crippen molar-refractivity contribution in [2.24, 2.45) is 0 Å². The van der Waals surface area contributed by atoms with Gasteiger partial charge in [-0.2, -0.15) is 0 Å². The number of hydrogen-bond acceptors (Lipinski definition) is 2. The molecule has 0 aromatic heterocycles. The van der Waals surface area contributed by atoms with Gasteiger partial charge < -0.3 is 5.32 Å². The van der Waals surface area contributed by atoms with Crippen molar-refractivity contribution in [2.75, 3.05) is 12.8 Å². The van der Waals surface area contributed by atoms with Crippen molar-refractivity contribution in [1.29, 1.82) is 0 Å². The van der Waals surface area contributed by atoms with E-state index >= 15 is 0 Å². The first-order valence-electron chi connectivity index (χ1n) is 4.95. The molecule has 0 fully saturated rings. The Morgan fingerprint density at radius 1 is 1.47 bits per heavy atom. The lowest BCUT2D eigenvalue weighted by Gasteiger charge is -2.09. The molecule has 1 N–H and O–H groups in total. The van der Waals surface area contributed by atoms with E-state index in [2.05, 4.69) is 12.2 Å². The minimum atomic E-state index is -0.989. The topological polar surface area (TPSA) is 29.1 Å². The monoisotopic (exact) mass is 245 g/mol. The van der Waals surface area contributed by atoms with Gasteiger partial charge in [0.15, 0.2) is 0 Å². The molecule has 0 heterocycles. The van der Waals surface area contributed by atoms with Crippen LogP contribution in [0.25, 0.3) is 0 Å². The highest BCUT2D eigenvalue weighted by Gasteiger charge is 2.09. The second-order valence-corrected chi connectivity index (χ2v) is 5.40. The van der Waals surface area contributed by atoms with E-state index in [0.29, 0.717) is 16.8 Å². The minimum absolute atomic E-state index is 0.386. The maximum absolute atomic E-state index is 11.9. The summed E-state index contributed by atoms with van der Waals surface area (Å²) in [6.07, 6.45) is 0.883. The summed E-state index contributed by atoms with van der Waals surface area (Å²) in [7, 11) is 0.917. The van der Waals surface area contributed by atoms with E-state index in [0.717, 1.165) is 11.3 Å². The average Bonchev–Trinajstić information content (AvgIpc) is 2.26. The Hall–Kier alpha value is -0.380. The average molecular weight is 246 g/mol. The van der Waals surface area contributed by atoms with Gasteiger partial charge in [0.05, 0.1) is 20.7 Å². The van der Waals surface area contributed by atoms with Gasteiger partial charge in [-0.15, -0.1) is 0 Å². The molecule has 0 aliphatic heterocycles. The summed E-state index contributed by atoms with van der Waals surface area (Å²) in [4.78, 5) is 0.738. The summed E-state index contributed by atoms with van der Waals surface area (Å²) in [5.74, 6) is 0.645. The molecular formula is C11H16ClNOS. The summed E-state index contributed by atoms with van der Waals surface area (Å²) in [6.45, 7) is 2.07. The second kappa shape index (κ2) is 6.26. The number of halogens is 1. The van der Waals surface area contributed by atoms with Crippen LogP contribution in [-0.2, 0) is 10.8 Å². The lowest BCUT2D eigenvalue weighted by Crippen LogP contribution is -2.23. The molecule has 0 aliphatic carbocycles. The van der Waals surface area contributed by atoms with Gasteiger partial charge >= 0.3 is 0 Å². The van der Waals surface area contributed by atoms with Gasteiger partial charge in [-0.05, 0) is 32.5 Å². The Bertz CT molecular complexity index is 343. The molecule has 0 aliphatic rings. The van der Waals surface area contributed by atoms with E-state index in [1.54, 1.807) is 6.07 Å². The maximum atomic E-state index is 11.9. The third kappa shape index (κ3) is 3.93. The zero-order valence-corrected chi connectivity index (χ0v) is 10.6. The van der Waals surface area contributed by atoms with Gasteiger partial charge in [0.25, 0.3) is 0 Å². The van der Waals surface area contributed by atoms with Crippen LogP contribution in [0.3, 0.4) is 0 Å². The van der Waals surface area contributed by atoms with E-state index in [-0.39, 0.29) is 0 Å². The molecule has 2 atom stereocenters. The third-order valence-corrected chi connectivity index (χ3v) is 4.21. The van der Waals surface area contributed by atoms with Gasteiger partial charge in [-0.1, -0.05) is 23.7 Å². The fraction of sp³-hybridized carbons (Fsp3) is 0.455. The van der Waals surface area contributed by atoms with E-state index in [4.69, 9.17) is 11.6 Å². The summed E-state index contributed by atoms with van der Waals surface area (Å²) in [6, 6.07) is 7.69. The van der Waals surface area contributed by atoms with E-state index < -0.39 is 10.8 Å². The highest BCUT2D eigenvalue weighted by atomic mass is 35.5. The fourth-order valence-electron chi connectivity index (χ4n) is 1.17. The van der Waals surface area contributed by atoms with E-state index in [1.165, 1.54) is 0 Å². The second-order valence-electron chi connectivity index (χ2n) is 3.46. The molecule has 1 rings (SSSR count). The molecule has 1 aromatic rings. The molecule has 0 radical (unpaired) electrons. The molecule has 0 saturated heterocycles. The summed E-state index contributed by atoms with van der Waals surface area (Å²) >= 11 is 5.96. The standard InChI is InChI=1S/C11H16ClNOS/c1-9(13-2)7-8-15(14)11-6-4-3-5-10(11)12/h3-6,9,13H,7-8H2,1-2H3. The van der Waals surface area contributed by atoms with Crippen LogP contribution >= 0.6 is 11.6 Å². The molecule has 0 saturated carbocycles. The van der Waals surface area contributed by atoms with Crippen LogP contribution in [0.4, 0.5) is 0 Å². The summed E-state index contributed by atoms with van der Waals surface area (Å²) in [5, 5.41) is 3.71. The van der Waals surface area contributed by atoms with Crippen LogP contribution in [0, 0.1) is 0 Å². The molecule has 4 heteroatoms. The van der Waals surface area contributed by atoms with Crippen molar-refractivity contribution in [2.45, 2.75) is 24.3 Å². The Morgan fingerprint density at radius 2 is 2.13 bits per heavy atom. The molecule has 2 nitrogen and oxygen atoms in total. The Morgan fingerprint density at radius 3 is 2.73 bits per heavy atom. The Kier molecular flexibility index (Phi) is 5.29. The van der Waals surface area contributed by atoms with Crippen LogP contribution in [0.5, 0.6) is 0 Å². The predicted molar refractivity (Wildman–Crippen MR) is 65.9 cm³/mol. The minimum Gasteiger partial charge on any atom is -0.317 e. The first kappa shape index (κ1) is 12.7. The van der Waals surface area contributed by atoms with Crippen molar-refractivity contribution >= 4 is 22.4 Å². The van der Waals surface area contributed by atoms with Crippen molar-refractivity contribution in [1.82, 2.24) is 5.32 Å². The molecule has 0 bridgehead atoms. The first-order chi connectivity index (χ1) is 7.15. The molecule has 84 valence electrons. The number of benzene rings is 1. The zero-order valence-electron chi connectivity index (χ0n) is 9.00. The summed E-state index contributed by atoms with van der Waals surface area (Å²) < 4.78 is 11.9. The van der Waals surface area contributed by atoms with Gasteiger partial charge in [-0.25, -0.2) is 0 Å². The molecule has 0 spiro atoms. The highest BCUT2D eigenvalue weighted by molar-refractivity contribution is 7.85. The summed E-state index contributed by atoms with van der Waals surface area (Å²) in [5.41, 5.74) is 0. The van der Waals surface area contributed by atoms with Crippen molar-refractivity contribution < 1.29 is 4.21 Å². The van der Waals surface area contributed by atoms with Gasteiger partial charge in [0.2, 0.25) is 0 Å².